The average Bonchev–Trinajstić information content (AvgIpc) is 3.24. The highest BCUT2D eigenvalue weighted by atomic mass is 19.4. The summed E-state index contributed by atoms with van der Waals surface area (Å²) in [5.74, 6) is -2.79. The summed E-state index contributed by atoms with van der Waals surface area (Å²) < 4.78 is 67.7. The maximum atomic E-state index is 13.7. The molecule has 26 heavy (non-hydrogen) atoms. The summed E-state index contributed by atoms with van der Waals surface area (Å²) in [6.07, 6.45) is -5.68. The van der Waals surface area contributed by atoms with Gasteiger partial charge < -0.3 is 10.0 Å². The van der Waals surface area contributed by atoms with E-state index in [2.05, 4.69) is 4.99 Å². The van der Waals surface area contributed by atoms with E-state index in [1.807, 2.05) is 0 Å². The van der Waals surface area contributed by atoms with E-state index >= 15 is 0 Å². The third kappa shape index (κ3) is 3.48. The Balaban J connectivity index is 2.26. The second kappa shape index (κ2) is 6.66. The zero-order chi connectivity index (χ0) is 19.2. The van der Waals surface area contributed by atoms with Crippen molar-refractivity contribution in [3.05, 3.63) is 22.5 Å². The Bertz CT molecular complexity index is 704. The topological polar surface area (TPSA) is 52.9 Å². The third-order valence-electron chi connectivity index (χ3n) is 5.11. The molecule has 3 rings (SSSR count). The van der Waals surface area contributed by atoms with E-state index in [0.29, 0.717) is 25.1 Å². The van der Waals surface area contributed by atoms with E-state index in [9.17, 15) is 31.9 Å². The second-order valence-electron chi connectivity index (χ2n) is 6.98. The lowest BCUT2D eigenvalue weighted by atomic mass is 9.79. The van der Waals surface area contributed by atoms with Gasteiger partial charge in [0.1, 0.15) is 5.70 Å². The van der Waals surface area contributed by atoms with Gasteiger partial charge in [-0.1, -0.05) is 12.8 Å². The normalized spacial score (nSPS) is 27.4. The Kier molecular flexibility index (Phi) is 4.83. The van der Waals surface area contributed by atoms with Crippen molar-refractivity contribution in [2.75, 3.05) is 13.6 Å². The SMILES string of the molecule is CN1CCCC1=C1C(C(F)(F)F)=NC(C(F)F)=C(C(=O)O)C1CC1CC1. The Labute approximate surface area is 147 Å². The number of carbonyl (C=O) groups is 1. The zero-order valence-corrected chi connectivity index (χ0v) is 14.1. The maximum Gasteiger partial charge on any atom is 0.433 e. The van der Waals surface area contributed by atoms with Crippen LogP contribution in [0.1, 0.15) is 32.1 Å². The summed E-state index contributed by atoms with van der Waals surface area (Å²) in [4.78, 5) is 16.5. The molecule has 0 aromatic rings. The molecule has 1 aliphatic carbocycles. The number of likely N-dealkylation sites (tertiary alicyclic amines) is 1. The number of nitrogens with zero attached hydrogens (tertiary/aromatic N) is 2. The standard InChI is InChI=1S/C17H19F5N2O2/c1-24-6-2-3-10(24)11-9(7-8-4-5-8)12(16(25)26)13(15(18)19)23-14(11)17(20,21)22/h8-9,15H,2-7H2,1H3,(H,25,26). The summed E-state index contributed by atoms with van der Waals surface area (Å²) in [7, 11) is 1.63. The molecule has 1 saturated heterocycles. The Morgan fingerprint density at radius 2 is 2.00 bits per heavy atom. The number of rotatable bonds is 4. The van der Waals surface area contributed by atoms with Gasteiger partial charge in [-0.05, 0) is 25.2 Å². The largest absolute Gasteiger partial charge is 0.478 e. The van der Waals surface area contributed by atoms with Crippen molar-refractivity contribution in [3.63, 3.8) is 0 Å². The molecule has 1 saturated carbocycles. The predicted octanol–water partition coefficient (Wildman–Crippen LogP) is 4.00. The van der Waals surface area contributed by atoms with Crippen LogP contribution in [0.5, 0.6) is 0 Å². The van der Waals surface area contributed by atoms with Gasteiger partial charge in [0.2, 0.25) is 0 Å². The van der Waals surface area contributed by atoms with Gasteiger partial charge in [0.05, 0.1) is 5.57 Å². The van der Waals surface area contributed by atoms with E-state index in [0.717, 1.165) is 12.8 Å². The molecule has 0 aromatic carbocycles. The molecule has 0 radical (unpaired) electrons. The molecule has 2 fully saturated rings. The molecule has 0 amide bonds. The van der Waals surface area contributed by atoms with Gasteiger partial charge >= 0.3 is 12.1 Å². The molecule has 144 valence electrons. The number of halogens is 5. The van der Waals surface area contributed by atoms with E-state index in [4.69, 9.17) is 0 Å². The van der Waals surface area contributed by atoms with E-state index in [1.54, 1.807) is 11.9 Å². The van der Waals surface area contributed by atoms with Gasteiger partial charge in [0, 0.05) is 30.8 Å². The van der Waals surface area contributed by atoms with Gasteiger partial charge in [0.25, 0.3) is 6.43 Å². The predicted molar refractivity (Wildman–Crippen MR) is 83.9 cm³/mol. The number of carboxylic acids is 1. The molecule has 0 bridgehead atoms. The molecule has 3 aliphatic rings. The number of carboxylic acid groups (broad SMARTS) is 1. The first-order valence-corrected chi connectivity index (χ1v) is 8.47. The zero-order valence-electron chi connectivity index (χ0n) is 14.1. The van der Waals surface area contributed by atoms with Crippen molar-refractivity contribution in [1.82, 2.24) is 4.90 Å². The van der Waals surface area contributed by atoms with Crippen LogP contribution in [0.15, 0.2) is 27.5 Å². The Morgan fingerprint density at radius 1 is 1.35 bits per heavy atom. The average molecular weight is 378 g/mol. The van der Waals surface area contributed by atoms with Crippen LogP contribution < -0.4 is 0 Å². The first kappa shape index (κ1) is 18.8. The van der Waals surface area contributed by atoms with Crippen LogP contribution >= 0.6 is 0 Å². The van der Waals surface area contributed by atoms with Crippen molar-refractivity contribution in [3.8, 4) is 0 Å². The van der Waals surface area contributed by atoms with Gasteiger partial charge in [-0.15, -0.1) is 0 Å². The molecule has 9 heteroatoms. The van der Waals surface area contributed by atoms with Crippen LogP contribution in [-0.4, -0.2) is 47.9 Å². The van der Waals surface area contributed by atoms with Crippen LogP contribution in [0.3, 0.4) is 0 Å². The van der Waals surface area contributed by atoms with E-state index < -0.39 is 41.5 Å². The molecule has 0 spiro atoms. The van der Waals surface area contributed by atoms with Gasteiger partial charge in [-0.3, -0.25) is 0 Å². The minimum atomic E-state index is -4.93. The highest BCUT2D eigenvalue weighted by Crippen LogP contribution is 2.47. The number of hydrogen-bond acceptors (Lipinski definition) is 3. The number of allylic oxidation sites excluding steroid dienone is 3. The summed E-state index contributed by atoms with van der Waals surface area (Å²) >= 11 is 0. The number of alkyl halides is 5. The lowest BCUT2D eigenvalue weighted by molar-refractivity contribution is -0.133. The molecule has 4 nitrogen and oxygen atoms in total. The quantitative estimate of drug-likeness (QED) is 0.753. The van der Waals surface area contributed by atoms with Gasteiger partial charge in [-0.2, -0.15) is 13.2 Å². The number of hydrogen-bond donors (Lipinski definition) is 1. The minimum absolute atomic E-state index is 0.0585. The molecule has 1 atom stereocenters. The van der Waals surface area contributed by atoms with Crippen LogP contribution in [0, 0.1) is 11.8 Å². The third-order valence-corrected chi connectivity index (χ3v) is 5.11. The van der Waals surface area contributed by atoms with Gasteiger partial charge in [0.15, 0.2) is 5.71 Å². The highest BCUT2D eigenvalue weighted by molar-refractivity contribution is 6.09. The van der Waals surface area contributed by atoms with Crippen molar-refractivity contribution in [2.45, 2.75) is 44.7 Å². The second-order valence-corrected chi connectivity index (χ2v) is 6.98. The minimum Gasteiger partial charge on any atom is -0.478 e. The Hall–Kier alpha value is -1.93. The molecule has 1 N–H and O–H groups in total. The first-order chi connectivity index (χ1) is 12.1. The fraction of sp³-hybridized carbons (Fsp3) is 0.647. The van der Waals surface area contributed by atoms with E-state index in [1.165, 1.54) is 0 Å². The lowest BCUT2D eigenvalue weighted by Gasteiger charge is -2.32. The molecular weight excluding hydrogens is 359 g/mol. The van der Waals surface area contributed by atoms with Crippen molar-refractivity contribution < 1.29 is 31.9 Å². The van der Waals surface area contributed by atoms with Crippen molar-refractivity contribution in [1.29, 1.82) is 0 Å². The van der Waals surface area contributed by atoms with Crippen LogP contribution in [0.25, 0.3) is 0 Å². The molecule has 0 aromatic heterocycles. The highest BCUT2D eigenvalue weighted by Gasteiger charge is 2.49. The fourth-order valence-electron chi connectivity index (χ4n) is 3.78. The molecular formula is C17H19F5N2O2. The summed E-state index contributed by atoms with van der Waals surface area (Å²) in [5, 5.41) is 9.50. The molecule has 1 unspecified atom stereocenters. The number of aliphatic imine (C=N–C) groups is 1. The van der Waals surface area contributed by atoms with E-state index in [-0.39, 0.29) is 17.9 Å². The summed E-state index contributed by atoms with van der Waals surface area (Å²) in [6, 6.07) is 0. The van der Waals surface area contributed by atoms with Crippen molar-refractivity contribution >= 4 is 11.7 Å². The molecule has 2 heterocycles. The van der Waals surface area contributed by atoms with Crippen LogP contribution in [0.4, 0.5) is 22.0 Å². The Morgan fingerprint density at radius 3 is 2.42 bits per heavy atom. The number of aliphatic carboxylic acids is 1. The van der Waals surface area contributed by atoms with Gasteiger partial charge in [-0.25, -0.2) is 18.6 Å². The summed E-state index contributed by atoms with van der Waals surface area (Å²) in [5.41, 5.74) is -3.19. The smallest absolute Gasteiger partial charge is 0.433 e. The summed E-state index contributed by atoms with van der Waals surface area (Å²) in [6.45, 7) is 0.536. The fourth-order valence-corrected chi connectivity index (χ4v) is 3.78. The monoisotopic (exact) mass is 378 g/mol. The van der Waals surface area contributed by atoms with Crippen molar-refractivity contribution in [2.24, 2.45) is 16.8 Å². The lowest BCUT2D eigenvalue weighted by Crippen LogP contribution is -2.37. The first-order valence-electron chi connectivity index (χ1n) is 8.47. The van der Waals surface area contributed by atoms with Crippen LogP contribution in [0.2, 0.25) is 0 Å². The molecule has 2 aliphatic heterocycles. The maximum absolute atomic E-state index is 13.7. The van der Waals surface area contributed by atoms with Crippen LogP contribution in [-0.2, 0) is 4.79 Å².